The Hall–Kier alpha value is -0.990. The Morgan fingerprint density at radius 3 is 2.81 bits per heavy atom. The predicted octanol–water partition coefficient (Wildman–Crippen LogP) is 3.31. The lowest BCUT2D eigenvalue weighted by Crippen LogP contribution is -2.23. The van der Waals surface area contributed by atoms with E-state index in [1.807, 2.05) is 0 Å². The van der Waals surface area contributed by atoms with Gasteiger partial charge in [0.1, 0.15) is 0 Å². The first-order valence-electron chi connectivity index (χ1n) is 6.35. The number of nitrogens with zero attached hydrogens (tertiary/aromatic N) is 1. The molecule has 2 N–H and O–H groups in total. The Morgan fingerprint density at radius 1 is 1.44 bits per heavy atom. The molecule has 0 radical (unpaired) electrons. The average molecular weight is 221 g/mol. The maximum Gasteiger partial charge on any atom is 0.151 e. The van der Waals surface area contributed by atoms with E-state index >= 15 is 0 Å². The van der Waals surface area contributed by atoms with Crippen LogP contribution in [0.3, 0.4) is 0 Å². The van der Waals surface area contributed by atoms with Gasteiger partial charge < -0.3 is 5.32 Å². The summed E-state index contributed by atoms with van der Waals surface area (Å²) in [6.07, 6.45) is 3.73. The monoisotopic (exact) mass is 221 g/mol. The zero-order valence-corrected chi connectivity index (χ0v) is 10.9. The number of rotatable bonds is 2. The van der Waals surface area contributed by atoms with E-state index in [9.17, 15) is 0 Å². The summed E-state index contributed by atoms with van der Waals surface area (Å²) in [4.78, 5) is 0. The molecule has 0 aliphatic heterocycles. The third-order valence-electron chi connectivity index (χ3n) is 3.56. The van der Waals surface area contributed by atoms with Gasteiger partial charge in [-0.15, -0.1) is 0 Å². The summed E-state index contributed by atoms with van der Waals surface area (Å²) >= 11 is 0. The van der Waals surface area contributed by atoms with Crippen molar-refractivity contribution >= 4 is 5.82 Å². The van der Waals surface area contributed by atoms with Crippen LogP contribution in [0.5, 0.6) is 0 Å². The fourth-order valence-corrected chi connectivity index (χ4v) is 2.73. The fourth-order valence-electron chi connectivity index (χ4n) is 2.73. The van der Waals surface area contributed by atoms with Crippen molar-refractivity contribution in [3.05, 3.63) is 11.3 Å². The molecule has 0 saturated heterocycles. The first kappa shape index (κ1) is 11.5. The van der Waals surface area contributed by atoms with E-state index in [4.69, 9.17) is 0 Å². The first-order valence-corrected chi connectivity index (χ1v) is 6.35. The minimum absolute atomic E-state index is 0.325. The Morgan fingerprint density at radius 2 is 2.19 bits per heavy atom. The summed E-state index contributed by atoms with van der Waals surface area (Å²) in [7, 11) is 0. The highest BCUT2D eigenvalue weighted by Crippen LogP contribution is 2.44. The van der Waals surface area contributed by atoms with Gasteiger partial charge in [-0.1, -0.05) is 20.8 Å². The van der Waals surface area contributed by atoms with Crippen LogP contribution >= 0.6 is 0 Å². The van der Waals surface area contributed by atoms with Gasteiger partial charge in [0.25, 0.3) is 0 Å². The summed E-state index contributed by atoms with van der Waals surface area (Å²) in [6, 6.07) is 0. The van der Waals surface area contributed by atoms with Gasteiger partial charge in [0, 0.05) is 23.7 Å². The molecule has 3 heteroatoms. The van der Waals surface area contributed by atoms with Crippen molar-refractivity contribution < 1.29 is 0 Å². The molecule has 1 aliphatic carbocycles. The number of nitrogens with one attached hydrogen (secondary N) is 2. The number of hydrogen-bond donors (Lipinski definition) is 2. The molecule has 0 aromatic carbocycles. The van der Waals surface area contributed by atoms with E-state index in [1.54, 1.807) is 0 Å². The molecule has 0 amide bonds. The van der Waals surface area contributed by atoms with Crippen LogP contribution in [0.1, 0.15) is 57.7 Å². The summed E-state index contributed by atoms with van der Waals surface area (Å²) < 4.78 is 0. The van der Waals surface area contributed by atoms with Gasteiger partial charge >= 0.3 is 0 Å². The Bertz CT molecular complexity index is 360. The lowest BCUT2D eigenvalue weighted by Gasteiger charge is -2.33. The van der Waals surface area contributed by atoms with Gasteiger partial charge in [-0.05, 0) is 31.6 Å². The number of H-pyrrole nitrogens is 1. The number of aromatic nitrogens is 2. The third-order valence-corrected chi connectivity index (χ3v) is 3.56. The summed E-state index contributed by atoms with van der Waals surface area (Å²) in [5, 5.41) is 11.0. The molecule has 1 heterocycles. The molecule has 0 saturated carbocycles. The van der Waals surface area contributed by atoms with Crippen molar-refractivity contribution in [1.29, 1.82) is 0 Å². The lowest BCUT2D eigenvalue weighted by atomic mass is 9.72. The van der Waals surface area contributed by atoms with Crippen molar-refractivity contribution in [2.75, 3.05) is 11.9 Å². The van der Waals surface area contributed by atoms with Crippen LogP contribution in [0, 0.1) is 5.41 Å². The van der Waals surface area contributed by atoms with Crippen LogP contribution in [0.25, 0.3) is 0 Å². The van der Waals surface area contributed by atoms with Gasteiger partial charge in [-0.2, -0.15) is 5.10 Å². The minimum atomic E-state index is 0.325. The zero-order valence-electron chi connectivity index (χ0n) is 10.9. The summed E-state index contributed by atoms with van der Waals surface area (Å²) in [6.45, 7) is 10.0. The van der Waals surface area contributed by atoms with Crippen LogP contribution in [0.2, 0.25) is 0 Å². The Kier molecular flexibility index (Phi) is 2.96. The highest BCUT2D eigenvalue weighted by molar-refractivity contribution is 5.49. The SMILES string of the molecule is CCNc1n[nH]c2c1CCCC2C(C)(C)C. The minimum Gasteiger partial charge on any atom is -0.369 e. The number of fused-ring (bicyclic) bond motifs is 1. The molecular weight excluding hydrogens is 198 g/mol. The molecule has 1 atom stereocenters. The number of anilines is 1. The highest BCUT2D eigenvalue weighted by Gasteiger charge is 2.33. The molecule has 1 aliphatic rings. The molecule has 0 bridgehead atoms. The van der Waals surface area contributed by atoms with Crippen LogP contribution in [0.15, 0.2) is 0 Å². The van der Waals surface area contributed by atoms with E-state index in [1.165, 1.54) is 30.5 Å². The van der Waals surface area contributed by atoms with Gasteiger partial charge in [0.2, 0.25) is 0 Å². The number of hydrogen-bond acceptors (Lipinski definition) is 2. The Balaban J connectivity index is 2.33. The van der Waals surface area contributed by atoms with Crippen molar-refractivity contribution in [2.24, 2.45) is 5.41 Å². The highest BCUT2D eigenvalue weighted by atomic mass is 15.2. The molecule has 0 fully saturated rings. The second-order valence-electron chi connectivity index (χ2n) is 5.81. The second-order valence-corrected chi connectivity index (χ2v) is 5.81. The maximum absolute atomic E-state index is 4.42. The van der Waals surface area contributed by atoms with Crippen LogP contribution < -0.4 is 5.32 Å². The predicted molar refractivity (Wildman–Crippen MR) is 67.9 cm³/mol. The van der Waals surface area contributed by atoms with E-state index in [0.717, 1.165) is 12.4 Å². The molecule has 0 spiro atoms. The van der Waals surface area contributed by atoms with Crippen LogP contribution in [0.4, 0.5) is 5.82 Å². The molecule has 1 aromatic rings. The van der Waals surface area contributed by atoms with Crippen molar-refractivity contribution in [1.82, 2.24) is 10.2 Å². The molecule has 16 heavy (non-hydrogen) atoms. The van der Waals surface area contributed by atoms with Gasteiger partial charge in [-0.25, -0.2) is 0 Å². The molecule has 2 rings (SSSR count). The fraction of sp³-hybridized carbons (Fsp3) is 0.769. The molecular formula is C13H23N3. The molecule has 1 unspecified atom stereocenters. The third kappa shape index (κ3) is 1.95. The first-order chi connectivity index (χ1) is 7.54. The van der Waals surface area contributed by atoms with E-state index in [2.05, 4.69) is 43.2 Å². The normalized spacial score (nSPS) is 20.6. The molecule has 1 aromatic heterocycles. The topological polar surface area (TPSA) is 40.7 Å². The lowest BCUT2D eigenvalue weighted by molar-refractivity contribution is 0.284. The quantitative estimate of drug-likeness (QED) is 0.804. The van der Waals surface area contributed by atoms with Crippen molar-refractivity contribution in [2.45, 2.75) is 52.9 Å². The number of aromatic amines is 1. The van der Waals surface area contributed by atoms with Crippen LogP contribution in [-0.2, 0) is 6.42 Å². The molecule has 3 nitrogen and oxygen atoms in total. The summed E-state index contributed by atoms with van der Waals surface area (Å²) in [5.74, 6) is 1.70. The van der Waals surface area contributed by atoms with E-state index < -0.39 is 0 Å². The van der Waals surface area contributed by atoms with Gasteiger partial charge in [-0.3, -0.25) is 5.10 Å². The van der Waals surface area contributed by atoms with Gasteiger partial charge in [0.05, 0.1) is 0 Å². The maximum atomic E-state index is 4.42. The van der Waals surface area contributed by atoms with Crippen molar-refractivity contribution in [3.63, 3.8) is 0 Å². The van der Waals surface area contributed by atoms with E-state index in [0.29, 0.717) is 11.3 Å². The Labute approximate surface area is 98.0 Å². The largest absolute Gasteiger partial charge is 0.369 e. The molecule has 90 valence electrons. The smallest absolute Gasteiger partial charge is 0.151 e. The van der Waals surface area contributed by atoms with Gasteiger partial charge in [0.15, 0.2) is 5.82 Å². The van der Waals surface area contributed by atoms with Crippen molar-refractivity contribution in [3.8, 4) is 0 Å². The summed E-state index contributed by atoms with van der Waals surface area (Å²) in [5.41, 5.74) is 3.12. The standard InChI is InChI=1S/C13H23N3/c1-5-14-12-9-7-6-8-10(13(2,3)4)11(9)15-16-12/h10H,5-8H2,1-4H3,(H2,14,15,16). The second kappa shape index (κ2) is 4.11. The average Bonchev–Trinajstić information content (AvgIpc) is 2.61. The van der Waals surface area contributed by atoms with Crippen LogP contribution in [-0.4, -0.2) is 16.7 Å². The zero-order chi connectivity index (χ0) is 11.8. The van der Waals surface area contributed by atoms with E-state index in [-0.39, 0.29) is 0 Å².